The molecule has 2 aromatic carbocycles. The zero-order chi connectivity index (χ0) is 26.7. The first-order valence-corrected chi connectivity index (χ1v) is 15.3. The van der Waals surface area contributed by atoms with E-state index in [-0.39, 0.29) is 24.8 Å². The molecular formula is C34H50O4. The third kappa shape index (κ3) is 8.14. The number of benzene rings is 2. The van der Waals surface area contributed by atoms with E-state index in [1.165, 1.54) is 75.3 Å². The van der Waals surface area contributed by atoms with Gasteiger partial charge < -0.3 is 18.9 Å². The molecule has 6 atom stereocenters. The quantitative estimate of drug-likeness (QED) is 0.246. The van der Waals surface area contributed by atoms with Gasteiger partial charge in [-0.15, -0.1) is 0 Å². The van der Waals surface area contributed by atoms with Crippen LogP contribution >= 0.6 is 0 Å². The standard InChI is InChI=1S/C34H50O4/c1-5-7-9-11-13-31-23-35-33(37-25(31)3)29-19-15-27(16-20-29)28-17-21-30(22-18-28)34-36-24-32(26(4)38-34)14-12-10-8-6-2/h15-22,25-26,31-34H,5-14,23-24H2,1-4H3/t25-,26-,31+,32+,33+,34+/m0/s1. The molecule has 4 nitrogen and oxygen atoms in total. The fraction of sp³-hybridized carbons (Fsp3) is 0.647. The van der Waals surface area contributed by atoms with Crippen LogP contribution in [0.3, 0.4) is 0 Å². The van der Waals surface area contributed by atoms with Crippen LogP contribution in [0.5, 0.6) is 0 Å². The molecule has 2 aliphatic rings. The molecule has 0 spiro atoms. The lowest BCUT2D eigenvalue weighted by Gasteiger charge is -2.35. The van der Waals surface area contributed by atoms with Crippen molar-refractivity contribution in [3.8, 4) is 11.1 Å². The molecule has 2 saturated heterocycles. The Morgan fingerprint density at radius 3 is 1.29 bits per heavy atom. The number of rotatable bonds is 13. The average Bonchev–Trinajstić information content (AvgIpc) is 2.95. The minimum absolute atomic E-state index is 0.228. The van der Waals surface area contributed by atoms with Gasteiger partial charge in [0.15, 0.2) is 12.6 Å². The maximum Gasteiger partial charge on any atom is 0.184 e. The molecule has 0 amide bonds. The Morgan fingerprint density at radius 2 is 0.947 bits per heavy atom. The summed E-state index contributed by atoms with van der Waals surface area (Å²) in [5.74, 6) is 0.996. The van der Waals surface area contributed by atoms with Gasteiger partial charge in [-0.25, -0.2) is 0 Å². The lowest BCUT2D eigenvalue weighted by molar-refractivity contribution is -0.237. The molecule has 0 aromatic heterocycles. The molecule has 4 rings (SSSR count). The first-order chi connectivity index (χ1) is 18.6. The van der Waals surface area contributed by atoms with Gasteiger partial charge in [0.25, 0.3) is 0 Å². The summed E-state index contributed by atoms with van der Waals surface area (Å²) in [7, 11) is 0. The first kappa shape index (κ1) is 29.3. The Morgan fingerprint density at radius 1 is 0.553 bits per heavy atom. The molecular weight excluding hydrogens is 472 g/mol. The molecule has 0 unspecified atom stereocenters. The van der Waals surface area contributed by atoms with Crippen molar-refractivity contribution in [2.24, 2.45) is 11.8 Å². The summed E-state index contributed by atoms with van der Waals surface area (Å²) in [6.45, 7) is 10.5. The van der Waals surface area contributed by atoms with Gasteiger partial charge in [-0.05, 0) is 37.8 Å². The number of hydrogen-bond acceptors (Lipinski definition) is 4. The van der Waals surface area contributed by atoms with Crippen molar-refractivity contribution in [1.29, 1.82) is 0 Å². The maximum absolute atomic E-state index is 6.27. The number of unbranched alkanes of at least 4 members (excludes halogenated alkanes) is 6. The van der Waals surface area contributed by atoms with E-state index in [4.69, 9.17) is 18.9 Å². The third-order valence-electron chi connectivity index (χ3n) is 8.48. The van der Waals surface area contributed by atoms with Gasteiger partial charge >= 0.3 is 0 Å². The second-order valence-electron chi connectivity index (χ2n) is 11.5. The summed E-state index contributed by atoms with van der Waals surface area (Å²) in [4.78, 5) is 0. The van der Waals surface area contributed by atoms with Crippen LogP contribution in [0.1, 0.15) is 116 Å². The van der Waals surface area contributed by atoms with E-state index in [1.54, 1.807) is 0 Å². The van der Waals surface area contributed by atoms with Gasteiger partial charge in [-0.2, -0.15) is 0 Å². The summed E-state index contributed by atoms with van der Waals surface area (Å²) in [5, 5.41) is 0. The van der Waals surface area contributed by atoms with Crippen molar-refractivity contribution >= 4 is 0 Å². The summed E-state index contributed by atoms with van der Waals surface area (Å²) in [6.07, 6.45) is 12.6. The molecule has 0 bridgehead atoms. The van der Waals surface area contributed by atoms with E-state index in [2.05, 4.69) is 76.2 Å². The van der Waals surface area contributed by atoms with E-state index < -0.39 is 0 Å². The predicted molar refractivity (Wildman–Crippen MR) is 155 cm³/mol. The highest BCUT2D eigenvalue weighted by Crippen LogP contribution is 2.34. The van der Waals surface area contributed by atoms with E-state index in [1.807, 2.05) is 0 Å². The molecule has 0 aliphatic carbocycles. The van der Waals surface area contributed by atoms with Crippen LogP contribution in [0.4, 0.5) is 0 Å². The molecule has 210 valence electrons. The van der Waals surface area contributed by atoms with Crippen LogP contribution in [0.15, 0.2) is 48.5 Å². The van der Waals surface area contributed by atoms with Crippen LogP contribution in [0, 0.1) is 11.8 Å². The molecule has 0 N–H and O–H groups in total. The second-order valence-corrected chi connectivity index (χ2v) is 11.5. The van der Waals surface area contributed by atoms with Crippen molar-refractivity contribution in [1.82, 2.24) is 0 Å². The lowest BCUT2D eigenvalue weighted by atomic mass is 9.95. The zero-order valence-corrected chi connectivity index (χ0v) is 24.2. The van der Waals surface area contributed by atoms with E-state index in [0.717, 1.165) is 24.3 Å². The van der Waals surface area contributed by atoms with Crippen molar-refractivity contribution < 1.29 is 18.9 Å². The van der Waals surface area contributed by atoms with Crippen molar-refractivity contribution in [2.75, 3.05) is 13.2 Å². The zero-order valence-electron chi connectivity index (χ0n) is 24.2. The highest BCUT2D eigenvalue weighted by Gasteiger charge is 2.30. The summed E-state index contributed by atoms with van der Waals surface area (Å²) < 4.78 is 24.8. The Kier molecular flexibility index (Phi) is 11.7. The first-order valence-electron chi connectivity index (χ1n) is 15.3. The SMILES string of the molecule is CCCCCC[C@@H]1CO[C@@H](c2ccc(-c3ccc([C@@H]4OC[C@@H](CCCCCC)[C@H](C)O4)cc3)cc2)O[C@H]1C. The molecule has 2 heterocycles. The molecule has 4 heteroatoms. The molecule has 2 aliphatic heterocycles. The summed E-state index contributed by atoms with van der Waals surface area (Å²) in [5.41, 5.74) is 4.54. The van der Waals surface area contributed by atoms with Crippen LogP contribution in [-0.2, 0) is 18.9 Å². The molecule has 0 radical (unpaired) electrons. The Bertz CT molecular complexity index is 847. The second kappa shape index (κ2) is 15.2. The Labute approximate surface area is 231 Å². The molecule has 2 aromatic rings. The molecule has 38 heavy (non-hydrogen) atoms. The minimum atomic E-state index is -0.272. The van der Waals surface area contributed by atoms with Crippen LogP contribution < -0.4 is 0 Å². The fourth-order valence-electron chi connectivity index (χ4n) is 5.70. The highest BCUT2D eigenvalue weighted by atomic mass is 16.7. The van der Waals surface area contributed by atoms with Crippen LogP contribution in [0.25, 0.3) is 11.1 Å². The van der Waals surface area contributed by atoms with Crippen molar-refractivity contribution in [3.63, 3.8) is 0 Å². The van der Waals surface area contributed by atoms with E-state index >= 15 is 0 Å². The number of hydrogen-bond donors (Lipinski definition) is 0. The fourth-order valence-corrected chi connectivity index (χ4v) is 5.70. The largest absolute Gasteiger partial charge is 0.348 e. The Balaban J connectivity index is 1.26. The monoisotopic (exact) mass is 522 g/mol. The third-order valence-corrected chi connectivity index (χ3v) is 8.48. The maximum atomic E-state index is 6.27. The van der Waals surface area contributed by atoms with Crippen molar-refractivity contribution in [2.45, 2.75) is 117 Å². The van der Waals surface area contributed by atoms with Gasteiger partial charge in [0.05, 0.1) is 25.4 Å². The summed E-state index contributed by atoms with van der Waals surface area (Å²) in [6, 6.07) is 17.2. The van der Waals surface area contributed by atoms with Gasteiger partial charge in [-0.3, -0.25) is 0 Å². The van der Waals surface area contributed by atoms with Gasteiger partial charge in [0.2, 0.25) is 0 Å². The minimum Gasteiger partial charge on any atom is -0.348 e. The van der Waals surface area contributed by atoms with Crippen LogP contribution in [0.2, 0.25) is 0 Å². The smallest absolute Gasteiger partial charge is 0.184 e. The molecule has 0 saturated carbocycles. The average molecular weight is 523 g/mol. The van der Waals surface area contributed by atoms with Gasteiger partial charge in [0.1, 0.15) is 0 Å². The highest BCUT2D eigenvalue weighted by molar-refractivity contribution is 5.64. The topological polar surface area (TPSA) is 36.9 Å². The molecule has 2 fully saturated rings. The van der Waals surface area contributed by atoms with Crippen molar-refractivity contribution in [3.05, 3.63) is 59.7 Å². The van der Waals surface area contributed by atoms with E-state index in [0.29, 0.717) is 11.8 Å². The summed E-state index contributed by atoms with van der Waals surface area (Å²) >= 11 is 0. The predicted octanol–water partition coefficient (Wildman–Crippen LogP) is 9.39. The van der Waals surface area contributed by atoms with E-state index in [9.17, 15) is 0 Å². The Hall–Kier alpha value is -1.72. The lowest BCUT2D eigenvalue weighted by Crippen LogP contribution is -2.34. The van der Waals surface area contributed by atoms with Gasteiger partial charge in [0, 0.05) is 23.0 Å². The van der Waals surface area contributed by atoms with Crippen LogP contribution in [-0.4, -0.2) is 25.4 Å². The normalized spacial score (nSPS) is 27.9. The number of ether oxygens (including phenoxy) is 4. The van der Waals surface area contributed by atoms with Gasteiger partial charge in [-0.1, -0.05) is 114 Å².